The van der Waals surface area contributed by atoms with Gasteiger partial charge in [0.25, 0.3) is 0 Å². The van der Waals surface area contributed by atoms with Gasteiger partial charge in [0.1, 0.15) is 11.8 Å². The first-order valence-corrected chi connectivity index (χ1v) is 10.7. The standard InChI is InChI=1S/C28H23N3/c1-16-11-17(2)24-18(3)13-21(14-20(24)12-16)26-28-27(30-15-29-26)25-22-8-6-5-7-19(22)9-10-23(25)31(28)4/h5-15H,1-4H3. The Hall–Kier alpha value is -3.72. The molecule has 0 saturated heterocycles. The fraction of sp³-hybridized carbons (Fsp3) is 0.143. The lowest BCUT2D eigenvalue weighted by Gasteiger charge is -2.12. The molecule has 0 atom stereocenters. The maximum absolute atomic E-state index is 4.77. The third-order valence-corrected chi connectivity index (χ3v) is 6.52. The summed E-state index contributed by atoms with van der Waals surface area (Å²) in [5.74, 6) is 0. The molecule has 0 spiro atoms. The number of aryl methyl sites for hydroxylation is 4. The third kappa shape index (κ3) is 2.53. The van der Waals surface area contributed by atoms with Gasteiger partial charge in [-0.15, -0.1) is 0 Å². The molecule has 0 amide bonds. The van der Waals surface area contributed by atoms with Gasteiger partial charge in [0, 0.05) is 18.0 Å². The van der Waals surface area contributed by atoms with E-state index < -0.39 is 0 Å². The summed E-state index contributed by atoms with van der Waals surface area (Å²) in [6.45, 7) is 6.55. The second-order valence-corrected chi connectivity index (χ2v) is 8.63. The monoisotopic (exact) mass is 401 g/mol. The number of nitrogens with zero attached hydrogens (tertiary/aromatic N) is 3. The van der Waals surface area contributed by atoms with Crippen LogP contribution in [0.15, 0.2) is 67.0 Å². The molecule has 2 aromatic heterocycles. The molecule has 0 aliphatic rings. The first-order valence-electron chi connectivity index (χ1n) is 10.7. The van der Waals surface area contributed by atoms with E-state index in [0.717, 1.165) is 22.3 Å². The number of hydrogen-bond acceptors (Lipinski definition) is 2. The summed E-state index contributed by atoms with van der Waals surface area (Å²) in [5.41, 5.74) is 9.28. The van der Waals surface area contributed by atoms with Crippen molar-refractivity contribution in [3.05, 3.63) is 83.7 Å². The van der Waals surface area contributed by atoms with Crippen molar-refractivity contribution in [3.8, 4) is 11.3 Å². The summed E-state index contributed by atoms with van der Waals surface area (Å²) in [4.78, 5) is 9.52. The Morgan fingerprint density at radius 2 is 1.55 bits per heavy atom. The molecule has 0 fully saturated rings. The molecule has 2 heterocycles. The molecule has 31 heavy (non-hydrogen) atoms. The number of hydrogen-bond donors (Lipinski definition) is 0. The van der Waals surface area contributed by atoms with Gasteiger partial charge in [0.15, 0.2) is 0 Å². The minimum atomic E-state index is 0.983. The summed E-state index contributed by atoms with van der Waals surface area (Å²) in [6, 6.07) is 22.0. The zero-order chi connectivity index (χ0) is 21.3. The number of benzene rings is 4. The quantitative estimate of drug-likeness (QED) is 0.296. The van der Waals surface area contributed by atoms with Crippen molar-refractivity contribution in [1.29, 1.82) is 0 Å². The number of aromatic nitrogens is 3. The zero-order valence-corrected chi connectivity index (χ0v) is 18.2. The Kier molecular flexibility index (Phi) is 3.73. The van der Waals surface area contributed by atoms with E-state index in [4.69, 9.17) is 9.97 Å². The van der Waals surface area contributed by atoms with Crippen LogP contribution in [0.25, 0.3) is 54.7 Å². The van der Waals surface area contributed by atoms with Crippen LogP contribution < -0.4 is 0 Å². The average molecular weight is 402 g/mol. The molecule has 0 radical (unpaired) electrons. The van der Waals surface area contributed by atoms with Gasteiger partial charge < -0.3 is 4.57 Å². The Bertz CT molecular complexity index is 1670. The molecule has 0 aliphatic heterocycles. The summed E-state index contributed by atoms with van der Waals surface area (Å²) in [6.07, 6.45) is 1.71. The van der Waals surface area contributed by atoms with Crippen LogP contribution >= 0.6 is 0 Å². The molecule has 3 nitrogen and oxygen atoms in total. The fourth-order valence-electron chi connectivity index (χ4n) is 5.30. The molecule has 0 saturated carbocycles. The Labute approximate surface area is 181 Å². The van der Waals surface area contributed by atoms with E-state index in [-0.39, 0.29) is 0 Å². The van der Waals surface area contributed by atoms with Gasteiger partial charge in [-0.2, -0.15) is 0 Å². The lowest BCUT2D eigenvalue weighted by atomic mass is 9.95. The minimum absolute atomic E-state index is 0.983. The van der Waals surface area contributed by atoms with E-state index in [1.54, 1.807) is 6.33 Å². The molecule has 150 valence electrons. The van der Waals surface area contributed by atoms with Gasteiger partial charge in [0.05, 0.1) is 16.7 Å². The van der Waals surface area contributed by atoms with Crippen LogP contribution in [0.5, 0.6) is 0 Å². The molecule has 0 unspecified atom stereocenters. The molecule has 0 bridgehead atoms. The fourth-order valence-corrected chi connectivity index (χ4v) is 5.30. The van der Waals surface area contributed by atoms with Crippen LogP contribution in [0.4, 0.5) is 0 Å². The average Bonchev–Trinajstić information content (AvgIpc) is 3.05. The predicted octanol–water partition coefficient (Wildman–Crippen LogP) is 7.02. The zero-order valence-electron chi connectivity index (χ0n) is 18.2. The van der Waals surface area contributed by atoms with Crippen molar-refractivity contribution in [2.45, 2.75) is 20.8 Å². The van der Waals surface area contributed by atoms with E-state index in [0.29, 0.717) is 0 Å². The third-order valence-electron chi connectivity index (χ3n) is 6.52. The highest BCUT2D eigenvalue weighted by Gasteiger charge is 2.18. The van der Waals surface area contributed by atoms with Crippen LogP contribution in [0.2, 0.25) is 0 Å². The van der Waals surface area contributed by atoms with E-state index in [1.807, 2.05) is 0 Å². The first-order chi connectivity index (χ1) is 15.0. The van der Waals surface area contributed by atoms with Gasteiger partial charge in [-0.1, -0.05) is 48.0 Å². The van der Waals surface area contributed by atoms with Crippen molar-refractivity contribution in [1.82, 2.24) is 14.5 Å². The largest absolute Gasteiger partial charge is 0.340 e. The molecular formula is C28H23N3. The summed E-state index contributed by atoms with van der Waals surface area (Å²) >= 11 is 0. The highest BCUT2D eigenvalue weighted by Crippen LogP contribution is 2.38. The highest BCUT2D eigenvalue weighted by atomic mass is 15.0. The van der Waals surface area contributed by atoms with Crippen LogP contribution in [-0.2, 0) is 7.05 Å². The van der Waals surface area contributed by atoms with E-state index in [2.05, 4.69) is 93.0 Å². The van der Waals surface area contributed by atoms with Crippen LogP contribution in [0.1, 0.15) is 16.7 Å². The Morgan fingerprint density at radius 3 is 2.42 bits per heavy atom. The van der Waals surface area contributed by atoms with Gasteiger partial charge in [-0.3, -0.25) is 0 Å². The molecule has 3 heteroatoms. The van der Waals surface area contributed by atoms with Gasteiger partial charge in [-0.05, 0) is 71.6 Å². The maximum atomic E-state index is 4.77. The molecule has 4 aromatic carbocycles. The highest BCUT2D eigenvalue weighted by molar-refractivity contribution is 6.21. The molecule has 6 rings (SSSR count). The Morgan fingerprint density at radius 1 is 0.742 bits per heavy atom. The van der Waals surface area contributed by atoms with Crippen molar-refractivity contribution >= 4 is 43.5 Å². The molecule has 0 N–H and O–H groups in total. The van der Waals surface area contributed by atoms with Gasteiger partial charge in [-0.25, -0.2) is 9.97 Å². The lowest BCUT2D eigenvalue weighted by molar-refractivity contribution is 1.01. The summed E-state index contributed by atoms with van der Waals surface area (Å²) in [7, 11) is 2.12. The normalized spacial score (nSPS) is 11.9. The smallest absolute Gasteiger partial charge is 0.116 e. The first kappa shape index (κ1) is 18.1. The van der Waals surface area contributed by atoms with Crippen molar-refractivity contribution in [2.24, 2.45) is 7.05 Å². The Balaban J connectivity index is 1.74. The van der Waals surface area contributed by atoms with Crippen LogP contribution in [-0.4, -0.2) is 14.5 Å². The maximum Gasteiger partial charge on any atom is 0.116 e. The topological polar surface area (TPSA) is 30.7 Å². The van der Waals surface area contributed by atoms with Crippen LogP contribution in [0.3, 0.4) is 0 Å². The van der Waals surface area contributed by atoms with E-state index in [1.165, 1.54) is 49.1 Å². The molecule has 0 aliphatic carbocycles. The lowest BCUT2D eigenvalue weighted by Crippen LogP contribution is -1.95. The van der Waals surface area contributed by atoms with E-state index >= 15 is 0 Å². The molecule has 6 aromatic rings. The SMILES string of the molecule is Cc1cc(C)c2c(C)cc(-c3ncnc4c5c6ccccc6ccc5n(C)c34)cc2c1. The second-order valence-electron chi connectivity index (χ2n) is 8.63. The summed E-state index contributed by atoms with van der Waals surface area (Å²) < 4.78 is 2.24. The number of rotatable bonds is 1. The summed E-state index contributed by atoms with van der Waals surface area (Å²) in [5, 5.41) is 6.26. The number of fused-ring (bicyclic) bond motifs is 6. The van der Waals surface area contributed by atoms with Crippen molar-refractivity contribution in [2.75, 3.05) is 0 Å². The van der Waals surface area contributed by atoms with Crippen LogP contribution in [0, 0.1) is 20.8 Å². The second kappa shape index (κ2) is 6.39. The van der Waals surface area contributed by atoms with Gasteiger partial charge in [0.2, 0.25) is 0 Å². The predicted molar refractivity (Wildman–Crippen MR) is 131 cm³/mol. The minimum Gasteiger partial charge on any atom is -0.340 e. The van der Waals surface area contributed by atoms with Gasteiger partial charge >= 0.3 is 0 Å². The molecular weight excluding hydrogens is 378 g/mol. The van der Waals surface area contributed by atoms with E-state index in [9.17, 15) is 0 Å². The van der Waals surface area contributed by atoms with Crippen molar-refractivity contribution in [3.63, 3.8) is 0 Å². The van der Waals surface area contributed by atoms with Crippen molar-refractivity contribution < 1.29 is 0 Å².